The van der Waals surface area contributed by atoms with E-state index in [0.29, 0.717) is 5.76 Å². The van der Waals surface area contributed by atoms with Crippen LogP contribution in [0.3, 0.4) is 0 Å². The molecule has 0 bridgehead atoms. The Hall–Kier alpha value is -1.94. The number of ether oxygens (including phenoxy) is 1. The summed E-state index contributed by atoms with van der Waals surface area (Å²) in [6.45, 7) is 1.60. The first-order valence-corrected chi connectivity index (χ1v) is 7.60. The molecule has 1 aromatic heterocycles. The van der Waals surface area contributed by atoms with Crippen LogP contribution >= 0.6 is 0 Å². The van der Waals surface area contributed by atoms with Gasteiger partial charge in [0, 0.05) is 12.5 Å². The van der Waals surface area contributed by atoms with Gasteiger partial charge in [-0.3, -0.25) is 9.59 Å². The van der Waals surface area contributed by atoms with Gasteiger partial charge in [0.05, 0.1) is 7.11 Å². The highest BCUT2D eigenvalue weighted by Crippen LogP contribution is 2.08. The molecule has 0 aliphatic heterocycles. The second-order valence-electron chi connectivity index (χ2n) is 4.31. The molecule has 118 valence electrons. The zero-order chi connectivity index (χ0) is 16.0. The fourth-order valence-corrected chi connectivity index (χ4v) is 2.80. The number of hydrogen-bond acceptors (Lipinski definition) is 7. The van der Waals surface area contributed by atoms with E-state index in [0.717, 1.165) is 7.11 Å². The fraction of sp³-hybridized carbons (Fsp3) is 0.545. The second kappa shape index (κ2) is 7.18. The third kappa shape index (κ3) is 5.92. The van der Waals surface area contributed by atoms with Crippen LogP contribution in [-0.4, -0.2) is 43.8 Å². The van der Waals surface area contributed by atoms with Gasteiger partial charge in [0.2, 0.25) is 10.0 Å². The number of rotatable bonds is 8. The Balaban J connectivity index is 2.68. The zero-order valence-electron chi connectivity index (χ0n) is 11.5. The molecule has 1 atom stereocenters. The second-order valence-corrected chi connectivity index (χ2v) is 6.07. The maximum atomic E-state index is 11.9. The molecule has 9 nitrogen and oxygen atoms in total. The quantitative estimate of drug-likeness (QED) is 0.629. The zero-order valence-corrected chi connectivity index (χ0v) is 12.3. The van der Waals surface area contributed by atoms with E-state index in [2.05, 4.69) is 9.89 Å². The predicted octanol–water partition coefficient (Wildman–Crippen LogP) is -0.191. The highest BCUT2D eigenvalue weighted by atomic mass is 32.2. The van der Waals surface area contributed by atoms with Crippen LogP contribution in [0.2, 0.25) is 0 Å². The number of aromatic nitrogens is 1. The lowest BCUT2D eigenvalue weighted by molar-refractivity contribution is -0.142. The number of nitrogens with zero attached hydrogens (tertiary/aromatic N) is 1. The smallest absolute Gasteiger partial charge is 0.321 e. The van der Waals surface area contributed by atoms with Gasteiger partial charge in [-0.1, -0.05) is 5.16 Å². The summed E-state index contributed by atoms with van der Waals surface area (Å²) in [5, 5.41) is 12.5. The molecular weight excluding hydrogens is 304 g/mol. The third-order valence-corrected chi connectivity index (χ3v) is 3.82. The summed E-state index contributed by atoms with van der Waals surface area (Å²) >= 11 is 0. The Kier molecular flexibility index (Phi) is 5.85. The summed E-state index contributed by atoms with van der Waals surface area (Å²) in [5.74, 6) is -2.06. The molecule has 0 fully saturated rings. The van der Waals surface area contributed by atoms with E-state index in [-0.39, 0.29) is 18.5 Å². The van der Waals surface area contributed by atoms with Crippen LogP contribution < -0.4 is 4.72 Å². The van der Waals surface area contributed by atoms with E-state index >= 15 is 0 Å². The largest absolute Gasteiger partial charge is 0.480 e. The minimum atomic E-state index is -3.93. The molecule has 21 heavy (non-hydrogen) atoms. The number of methoxy groups -OCH3 is 1. The predicted molar refractivity (Wildman–Crippen MR) is 69.7 cm³/mol. The molecule has 0 saturated carbocycles. The van der Waals surface area contributed by atoms with Crippen molar-refractivity contribution in [3.05, 3.63) is 17.5 Å². The number of carbonyl (C=O) groups is 2. The van der Waals surface area contributed by atoms with Crippen molar-refractivity contribution in [2.24, 2.45) is 0 Å². The lowest BCUT2D eigenvalue weighted by atomic mass is 10.2. The SMILES string of the molecule is COC(=O)CCC(NS(=O)(=O)Cc1cc(C)on1)C(=O)O. The van der Waals surface area contributed by atoms with Crippen molar-refractivity contribution in [1.82, 2.24) is 9.88 Å². The lowest BCUT2D eigenvalue weighted by Crippen LogP contribution is -2.41. The summed E-state index contributed by atoms with van der Waals surface area (Å²) in [7, 11) is -2.76. The van der Waals surface area contributed by atoms with Gasteiger partial charge in [-0.15, -0.1) is 0 Å². The minimum absolute atomic E-state index is 0.164. The van der Waals surface area contributed by atoms with E-state index in [1.807, 2.05) is 4.72 Å². The number of sulfonamides is 1. The maximum Gasteiger partial charge on any atom is 0.321 e. The Labute approximate surface area is 121 Å². The number of hydrogen-bond donors (Lipinski definition) is 2. The van der Waals surface area contributed by atoms with Crippen molar-refractivity contribution in [2.45, 2.75) is 31.6 Å². The van der Waals surface area contributed by atoms with Crippen LogP contribution in [0.4, 0.5) is 0 Å². The standard InChI is InChI=1S/C11H16N2O7S/c1-7-5-8(12-20-7)6-21(17,18)13-9(11(15)16)3-4-10(14)19-2/h5,9,13H,3-4,6H2,1-2H3,(H,15,16). The van der Waals surface area contributed by atoms with Crippen LogP contribution in [0.5, 0.6) is 0 Å². The van der Waals surface area contributed by atoms with Crippen LogP contribution in [0.1, 0.15) is 24.3 Å². The summed E-state index contributed by atoms with van der Waals surface area (Å²) in [6.07, 6.45) is -0.419. The molecular formula is C11H16N2O7S. The first kappa shape index (κ1) is 17.1. The molecule has 1 heterocycles. The van der Waals surface area contributed by atoms with E-state index < -0.39 is 33.8 Å². The molecule has 0 saturated heterocycles. The van der Waals surface area contributed by atoms with Gasteiger partial charge in [0.15, 0.2) is 0 Å². The van der Waals surface area contributed by atoms with E-state index in [1.165, 1.54) is 6.07 Å². The average molecular weight is 320 g/mol. The van der Waals surface area contributed by atoms with Gasteiger partial charge in [-0.2, -0.15) is 0 Å². The van der Waals surface area contributed by atoms with Gasteiger partial charge in [-0.25, -0.2) is 13.1 Å². The minimum Gasteiger partial charge on any atom is -0.480 e. The number of esters is 1. The van der Waals surface area contributed by atoms with Crippen molar-refractivity contribution in [3.8, 4) is 0 Å². The highest BCUT2D eigenvalue weighted by molar-refractivity contribution is 7.88. The number of carbonyl (C=O) groups excluding carboxylic acids is 1. The number of carboxylic acids is 1. The van der Waals surface area contributed by atoms with Crippen LogP contribution in [0, 0.1) is 6.92 Å². The molecule has 0 amide bonds. The van der Waals surface area contributed by atoms with Gasteiger partial charge >= 0.3 is 11.9 Å². The van der Waals surface area contributed by atoms with E-state index in [1.54, 1.807) is 6.92 Å². The first-order valence-electron chi connectivity index (χ1n) is 5.95. The normalized spacial score (nSPS) is 12.9. The topological polar surface area (TPSA) is 136 Å². The average Bonchev–Trinajstić information content (AvgIpc) is 2.78. The molecule has 1 aromatic rings. The van der Waals surface area contributed by atoms with Gasteiger partial charge in [0.25, 0.3) is 0 Å². The van der Waals surface area contributed by atoms with Crippen LogP contribution in [0.25, 0.3) is 0 Å². The summed E-state index contributed by atoms with van der Waals surface area (Å²) in [4.78, 5) is 22.0. The van der Waals surface area contributed by atoms with E-state index in [9.17, 15) is 18.0 Å². The molecule has 1 unspecified atom stereocenters. The fourth-order valence-electron chi connectivity index (χ4n) is 1.54. The van der Waals surface area contributed by atoms with Crippen molar-refractivity contribution in [3.63, 3.8) is 0 Å². The van der Waals surface area contributed by atoms with Crippen LogP contribution in [0.15, 0.2) is 10.6 Å². The van der Waals surface area contributed by atoms with Crippen molar-refractivity contribution < 1.29 is 32.4 Å². The van der Waals surface area contributed by atoms with Crippen LogP contribution in [-0.2, 0) is 30.1 Å². The molecule has 2 N–H and O–H groups in total. The van der Waals surface area contributed by atoms with E-state index in [4.69, 9.17) is 9.63 Å². The molecule has 0 aliphatic carbocycles. The molecule has 0 aromatic carbocycles. The Morgan fingerprint density at radius 3 is 2.67 bits per heavy atom. The number of nitrogens with one attached hydrogen (secondary N) is 1. The molecule has 0 radical (unpaired) electrons. The summed E-state index contributed by atoms with van der Waals surface area (Å²) in [5.41, 5.74) is 0.164. The first-order chi connectivity index (χ1) is 9.73. The van der Waals surface area contributed by atoms with Crippen molar-refractivity contribution in [2.75, 3.05) is 7.11 Å². The Morgan fingerprint density at radius 2 is 2.19 bits per heavy atom. The van der Waals surface area contributed by atoms with Crippen molar-refractivity contribution in [1.29, 1.82) is 0 Å². The molecule has 0 aliphatic rings. The van der Waals surface area contributed by atoms with Gasteiger partial charge < -0.3 is 14.4 Å². The molecule has 1 rings (SSSR count). The van der Waals surface area contributed by atoms with Gasteiger partial charge in [-0.05, 0) is 13.3 Å². The summed E-state index contributed by atoms with van der Waals surface area (Å²) in [6, 6.07) is 0.0193. The summed E-state index contributed by atoms with van der Waals surface area (Å²) < 4.78 is 34.9. The lowest BCUT2D eigenvalue weighted by Gasteiger charge is -2.13. The molecule has 10 heteroatoms. The Morgan fingerprint density at radius 1 is 1.52 bits per heavy atom. The number of aliphatic carboxylic acids is 1. The molecule has 0 spiro atoms. The highest BCUT2D eigenvalue weighted by Gasteiger charge is 2.25. The number of aryl methyl sites for hydroxylation is 1. The maximum absolute atomic E-state index is 11.9. The third-order valence-electron chi connectivity index (χ3n) is 2.50. The Bertz CT molecular complexity index is 608. The van der Waals surface area contributed by atoms with Crippen molar-refractivity contribution >= 4 is 22.0 Å². The van der Waals surface area contributed by atoms with Gasteiger partial charge in [0.1, 0.15) is 23.2 Å². The monoisotopic (exact) mass is 320 g/mol. The number of carboxylic acid groups (broad SMARTS) is 1.